The van der Waals surface area contributed by atoms with Crippen LogP contribution in [0.2, 0.25) is 0 Å². The molecule has 3 aromatic rings. The molecule has 3 rings (SSSR count). The minimum absolute atomic E-state index is 0.398. The predicted octanol–water partition coefficient (Wildman–Crippen LogP) is 4.86. The first-order valence-electron chi connectivity index (χ1n) is 8.28. The van der Waals surface area contributed by atoms with Crippen molar-refractivity contribution in [3.63, 3.8) is 0 Å². The molecule has 3 N–H and O–H groups in total. The average Bonchev–Trinajstić information content (AvgIpc) is 3.10. The summed E-state index contributed by atoms with van der Waals surface area (Å²) >= 11 is 1.62. The number of benzene rings is 2. The summed E-state index contributed by atoms with van der Waals surface area (Å²) in [4.78, 5) is 9.02. The molecule has 25 heavy (non-hydrogen) atoms. The van der Waals surface area contributed by atoms with Crippen LogP contribution in [0.3, 0.4) is 0 Å². The molecule has 1 aromatic heterocycles. The summed E-state index contributed by atoms with van der Waals surface area (Å²) in [5.74, 6) is 0.876. The minimum Gasteiger partial charge on any atom is -0.370 e. The lowest BCUT2D eigenvalue weighted by atomic mass is 10.0. The zero-order chi connectivity index (χ0) is 17.6. The summed E-state index contributed by atoms with van der Waals surface area (Å²) in [6.45, 7) is 4.80. The maximum atomic E-state index is 6.01. The van der Waals surface area contributed by atoms with Crippen molar-refractivity contribution in [2.24, 2.45) is 10.7 Å². The van der Waals surface area contributed by atoms with E-state index in [0.29, 0.717) is 18.4 Å². The van der Waals surface area contributed by atoms with Gasteiger partial charge in [-0.2, -0.15) is 0 Å². The fourth-order valence-corrected chi connectivity index (χ4v) is 3.24. The number of hydrogen-bond donors (Lipinski definition) is 2. The van der Waals surface area contributed by atoms with Gasteiger partial charge in [-0.1, -0.05) is 56.3 Å². The van der Waals surface area contributed by atoms with E-state index in [9.17, 15) is 0 Å². The van der Waals surface area contributed by atoms with Crippen molar-refractivity contribution in [2.75, 3.05) is 5.32 Å². The van der Waals surface area contributed by atoms with Gasteiger partial charge in [0.25, 0.3) is 0 Å². The molecule has 0 unspecified atom stereocenters. The summed E-state index contributed by atoms with van der Waals surface area (Å²) in [5, 5.41) is 6.18. The second-order valence-electron chi connectivity index (χ2n) is 6.12. The number of aromatic nitrogens is 1. The fraction of sp³-hybridized carbons (Fsp3) is 0.200. The highest BCUT2D eigenvalue weighted by molar-refractivity contribution is 7.13. The third kappa shape index (κ3) is 4.67. The van der Waals surface area contributed by atoms with Gasteiger partial charge in [-0.3, -0.25) is 0 Å². The molecule has 2 aromatic carbocycles. The summed E-state index contributed by atoms with van der Waals surface area (Å²) < 4.78 is 0. The Morgan fingerprint density at radius 3 is 2.72 bits per heavy atom. The van der Waals surface area contributed by atoms with Crippen molar-refractivity contribution in [3.05, 3.63) is 71.2 Å². The van der Waals surface area contributed by atoms with Crippen LogP contribution in [-0.2, 0) is 6.54 Å². The highest BCUT2D eigenvalue weighted by Crippen LogP contribution is 2.23. The average molecular weight is 350 g/mol. The van der Waals surface area contributed by atoms with Gasteiger partial charge in [0.05, 0.1) is 12.2 Å². The molecule has 0 aliphatic carbocycles. The van der Waals surface area contributed by atoms with Gasteiger partial charge in [0.15, 0.2) is 5.96 Å². The molecule has 0 atom stereocenters. The maximum Gasteiger partial charge on any atom is 0.193 e. The molecule has 0 saturated heterocycles. The molecule has 0 spiro atoms. The number of guanidine groups is 1. The van der Waals surface area contributed by atoms with Gasteiger partial charge < -0.3 is 11.1 Å². The maximum absolute atomic E-state index is 6.01. The molecule has 1 heterocycles. The van der Waals surface area contributed by atoms with Gasteiger partial charge in [0, 0.05) is 16.6 Å². The van der Waals surface area contributed by atoms with E-state index < -0.39 is 0 Å². The van der Waals surface area contributed by atoms with Gasteiger partial charge in [-0.05, 0) is 23.6 Å². The molecule has 0 bridgehead atoms. The molecule has 0 radical (unpaired) electrons. The van der Waals surface area contributed by atoms with Crippen molar-refractivity contribution >= 4 is 23.0 Å². The molecule has 0 amide bonds. The van der Waals surface area contributed by atoms with Gasteiger partial charge in [-0.15, -0.1) is 11.3 Å². The van der Waals surface area contributed by atoms with Crippen molar-refractivity contribution < 1.29 is 0 Å². The van der Waals surface area contributed by atoms with Gasteiger partial charge in [0.1, 0.15) is 5.01 Å². The van der Waals surface area contributed by atoms with E-state index in [1.807, 2.05) is 35.7 Å². The molecular weight excluding hydrogens is 328 g/mol. The van der Waals surface area contributed by atoms with Crippen molar-refractivity contribution in [3.8, 4) is 10.6 Å². The van der Waals surface area contributed by atoms with Crippen LogP contribution in [0.5, 0.6) is 0 Å². The lowest BCUT2D eigenvalue weighted by molar-refractivity contribution is 0.867. The molecule has 0 saturated carbocycles. The third-order valence-electron chi connectivity index (χ3n) is 3.81. The van der Waals surface area contributed by atoms with E-state index in [1.54, 1.807) is 11.3 Å². The molecule has 5 heteroatoms. The Morgan fingerprint density at radius 1 is 1.16 bits per heavy atom. The quantitative estimate of drug-likeness (QED) is 0.510. The largest absolute Gasteiger partial charge is 0.370 e. The first-order chi connectivity index (χ1) is 12.1. The minimum atomic E-state index is 0.398. The Labute approximate surface area is 152 Å². The Hall–Kier alpha value is -2.66. The smallest absolute Gasteiger partial charge is 0.193 e. The van der Waals surface area contributed by atoms with Gasteiger partial charge in [-0.25, -0.2) is 9.98 Å². The number of nitrogens with one attached hydrogen (secondary N) is 1. The van der Waals surface area contributed by atoms with Crippen LogP contribution in [0, 0.1) is 0 Å². The first-order valence-corrected chi connectivity index (χ1v) is 9.16. The highest BCUT2D eigenvalue weighted by atomic mass is 32.1. The summed E-state index contributed by atoms with van der Waals surface area (Å²) in [6.07, 6.45) is 0. The number of rotatable bonds is 5. The summed E-state index contributed by atoms with van der Waals surface area (Å²) in [5.41, 5.74) is 10.3. The van der Waals surface area contributed by atoms with Crippen molar-refractivity contribution in [1.29, 1.82) is 0 Å². The predicted molar refractivity (Wildman–Crippen MR) is 107 cm³/mol. The van der Waals surface area contributed by atoms with Crippen LogP contribution < -0.4 is 11.1 Å². The zero-order valence-electron chi connectivity index (χ0n) is 14.4. The fourth-order valence-electron chi connectivity index (χ4n) is 2.42. The topological polar surface area (TPSA) is 63.3 Å². The Morgan fingerprint density at radius 2 is 1.96 bits per heavy atom. The van der Waals surface area contributed by atoms with Crippen LogP contribution in [-0.4, -0.2) is 10.9 Å². The first kappa shape index (κ1) is 17.2. The molecule has 4 nitrogen and oxygen atoms in total. The van der Waals surface area contributed by atoms with Crippen LogP contribution in [0.15, 0.2) is 65.0 Å². The Kier molecular flexibility index (Phi) is 5.46. The van der Waals surface area contributed by atoms with Crippen LogP contribution in [0.25, 0.3) is 10.6 Å². The summed E-state index contributed by atoms with van der Waals surface area (Å²) in [6, 6.07) is 18.4. The zero-order valence-corrected chi connectivity index (χ0v) is 15.3. The lowest BCUT2D eigenvalue weighted by Crippen LogP contribution is -2.22. The van der Waals surface area contributed by atoms with Gasteiger partial charge in [0.2, 0.25) is 0 Å². The molecule has 0 fully saturated rings. The Bertz CT molecular complexity index is 853. The Balaban J connectivity index is 1.64. The van der Waals surface area contributed by atoms with Crippen molar-refractivity contribution in [1.82, 2.24) is 4.98 Å². The number of anilines is 1. The van der Waals surface area contributed by atoms with Crippen molar-refractivity contribution in [2.45, 2.75) is 26.3 Å². The third-order valence-corrected chi connectivity index (χ3v) is 4.75. The monoisotopic (exact) mass is 350 g/mol. The molecule has 128 valence electrons. The van der Waals surface area contributed by atoms with E-state index in [-0.39, 0.29) is 0 Å². The van der Waals surface area contributed by atoms with Crippen LogP contribution in [0.4, 0.5) is 5.69 Å². The number of thiazole rings is 1. The molecule has 0 aliphatic rings. The molecular formula is C20H22N4S. The summed E-state index contributed by atoms with van der Waals surface area (Å²) in [7, 11) is 0. The van der Waals surface area contributed by atoms with Gasteiger partial charge >= 0.3 is 0 Å². The number of nitrogens with zero attached hydrogens (tertiary/aromatic N) is 2. The second-order valence-corrected chi connectivity index (χ2v) is 6.97. The number of aliphatic imine (C=N–C) groups is 1. The number of hydrogen-bond acceptors (Lipinski definition) is 3. The standard InChI is InChI=1S/C20H22N4S/c1-14(2)16-9-6-10-17(11-16)24-20(21)22-12-18-13-25-19(23-18)15-7-4-3-5-8-15/h3-11,13-14H,12H2,1-2H3,(H3,21,22,24). The van der Waals surface area contributed by atoms with E-state index in [0.717, 1.165) is 22.0 Å². The van der Waals surface area contributed by atoms with E-state index in [2.05, 4.69) is 53.4 Å². The van der Waals surface area contributed by atoms with Crippen LogP contribution >= 0.6 is 11.3 Å². The second kappa shape index (κ2) is 7.94. The van der Waals surface area contributed by atoms with E-state index in [4.69, 9.17) is 5.73 Å². The van der Waals surface area contributed by atoms with Crippen LogP contribution in [0.1, 0.15) is 31.0 Å². The lowest BCUT2D eigenvalue weighted by Gasteiger charge is -2.09. The number of nitrogens with two attached hydrogens (primary N) is 1. The normalized spacial score (nSPS) is 11.7. The van der Waals surface area contributed by atoms with E-state index >= 15 is 0 Å². The van der Waals surface area contributed by atoms with E-state index in [1.165, 1.54) is 5.56 Å². The highest BCUT2D eigenvalue weighted by Gasteiger charge is 2.05. The SMILES string of the molecule is CC(C)c1cccc(NC(N)=NCc2csc(-c3ccccc3)n2)c1. The molecule has 0 aliphatic heterocycles.